The summed E-state index contributed by atoms with van der Waals surface area (Å²) in [5.74, 6) is -0.122. The van der Waals surface area contributed by atoms with Crippen LogP contribution in [0.4, 0.5) is 0 Å². The van der Waals surface area contributed by atoms with Crippen molar-refractivity contribution in [3.05, 3.63) is 16.5 Å². The molecule has 0 amide bonds. The van der Waals surface area contributed by atoms with Crippen molar-refractivity contribution in [2.75, 3.05) is 5.75 Å². The zero-order chi connectivity index (χ0) is 15.6. The summed E-state index contributed by atoms with van der Waals surface area (Å²) in [4.78, 5) is 11.1. The second kappa shape index (κ2) is 6.68. The van der Waals surface area contributed by atoms with Gasteiger partial charge in [-0.3, -0.25) is 0 Å². The smallest absolute Gasteiger partial charge is 0.346 e. The topological polar surface area (TPSA) is 83.5 Å². The number of sulfonamides is 1. The fourth-order valence-electron chi connectivity index (χ4n) is 2.53. The zero-order valence-electron chi connectivity index (χ0n) is 12.0. The van der Waals surface area contributed by atoms with Crippen LogP contribution >= 0.6 is 23.1 Å². The van der Waals surface area contributed by atoms with Gasteiger partial charge in [-0.05, 0) is 37.1 Å². The van der Waals surface area contributed by atoms with E-state index in [9.17, 15) is 13.2 Å². The summed E-state index contributed by atoms with van der Waals surface area (Å²) in [5, 5.41) is 9.34. The molecule has 1 fully saturated rings. The summed E-state index contributed by atoms with van der Waals surface area (Å²) < 4.78 is 27.7. The lowest BCUT2D eigenvalue weighted by molar-refractivity contribution is 0.0701. The first-order chi connectivity index (χ1) is 9.85. The Hall–Kier alpha value is -0.570. The highest BCUT2D eigenvalue weighted by Gasteiger charge is 2.32. The molecular formula is C13H19NO4S3. The van der Waals surface area contributed by atoms with Gasteiger partial charge in [0.05, 0.1) is 0 Å². The quantitative estimate of drug-likeness (QED) is 0.825. The number of aryl methyl sites for hydroxylation is 1. The third kappa shape index (κ3) is 3.80. The van der Waals surface area contributed by atoms with Crippen molar-refractivity contribution in [2.24, 2.45) is 0 Å². The zero-order valence-corrected chi connectivity index (χ0v) is 14.4. The first-order valence-corrected chi connectivity index (χ1v) is 10.2. The normalized spacial score (nSPS) is 22.6. The molecule has 0 radical (unpaired) electrons. The molecule has 0 aliphatic heterocycles. The average molecular weight is 349 g/mol. The van der Waals surface area contributed by atoms with E-state index < -0.39 is 16.0 Å². The third-order valence-corrected chi connectivity index (χ3v) is 8.01. The Kier molecular flexibility index (Phi) is 5.34. The van der Waals surface area contributed by atoms with Crippen molar-refractivity contribution in [2.45, 2.75) is 48.6 Å². The van der Waals surface area contributed by atoms with E-state index in [0.29, 0.717) is 10.8 Å². The molecule has 5 nitrogen and oxygen atoms in total. The molecule has 2 unspecified atom stereocenters. The Bertz CT molecular complexity index is 623. The van der Waals surface area contributed by atoms with Crippen LogP contribution in [0.5, 0.6) is 0 Å². The summed E-state index contributed by atoms with van der Waals surface area (Å²) in [6, 6.07) is 1.38. The number of thioether (sulfide) groups is 1. The number of thiophene rings is 1. The SMILES string of the molecule is CCSC1CCCC1NS(=O)(=O)c1cc(C)c(C(=O)O)s1. The lowest BCUT2D eigenvalue weighted by Gasteiger charge is -2.19. The molecule has 0 aromatic carbocycles. The number of hydrogen-bond acceptors (Lipinski definition) is 5. The Labute approximate surface area is 133 Å². The van der Waals surface area contributed by atoms with E-state index in [1.54, 1.807) is 18.7 Å². The number of carbonyl (C=O) groups is 1. The predicted molar refractivity (Wildman–Crippen MR) is 85.9 cm³/mol. The molecule has 2 rings (SSSR count). The summed E-state index contributed by atoms with van der Waals surface area (Å²) in [6.45, 7) is 3.68. The van der Waals surface area contributed by atoms with Gasteiger partial charge in [-0.15, -0.1) is 11.3 Å². The third-order valence-electron chi connectivity index (χ3n) is 3.49. The van der Waals surface area contributed by atoms with E-state index in [1.165, 1.54) is 6.07 Å². The fraction of sp³-hybridized carbons (Fsp3) is 0.615. The number of rotatable bonds is 6. The number of carboxylic acids is 1. The van der Waals surface area contributed by atoms with Crippen LogP contribution in [-0.4, -0.2) is 36.5 Å². The molecule has 21 heavy (non-hydrogen) atoms. The Balaban J connectivity index is 2.18. The number of hydrogen-bond donors (Lipinski definition) is 2. The van der Waals surface area contributed by atoms with E-state index in [-0.39, 0.29) is 15.1 Å². The Morgan fingerprint density at radius 1 is 1.52 bits per heavy atom. The van der Waals surface area contributed by atoms with Crippen molar-refractivity contribution in [1.29, 1.82) is 0 Å². The first-order valence-electron chi connectivity index (χ1n) is 6.82. The maximum absolute atomic E-state index is 12.4. The van der Waals surface area contributed by atoms with Crippen LogP contribution < -0.4 is 4.72 Å². The number of nitrogens with one attached hydrogen (secondary N) is 1. The molecule has 1 saturated carbocycles. The van der Waals surface area contributed by atoms with E-state index in [2.05, 4.69) is 11.6 Å². The van der Waals surface area contributed by atoms with Gasteiger partial charge in [-0.1, -0.05) is 13.3 Å². The van der Waals surface area contributed by atoms with Gasteiger partial charge in [-0.2, -0.15) is 11.8 Å². The summed E-state index contributed by atoms with van der Waals surface area (Å²) in [5.41, 5.74) is 0.485. The van der Waals surface area contributed by atoms with Crippen molar-refractivity contribution in [3.8, 4) is 0 Å². The molecule has 0 saturated heterocycles. The monoisotopic (exact) mass is 349 g/mol. The molecule has 118 valence electrons. The van der Waals surface area contributed by atoms with Gasteiger partial charge in [0.1, 0.15) is 9.09 Å². The van der Waals surface area contributed by atoms with Crippen LogP contribution in [0, 0.1) is 6.92 Å². The second-order valence-corrected chi connectivity index (χ2v) is 9.54. The minimum absolute atomic E-state index is 0.0596. The highest BCUT2D eigenvalue weighted by molar-refractivity contribution is 8.00. The first kappa shape index (κ1) is 16.8. The van der Waals surface area contributed by atoms with Crippen LogP contribution in [0.25, 0.3) is 0 Å². The summed E-state index contributed by atoms with van der Waals surface area (Å²) >= 11 is 2.59. The molecule has 0 bridgehead atoms. The van der Waals surface area contributed by atoms with Gasteiger partial charge < -0.3 is 5.11 Å². The molecule has 2 atom stereocenters. The Morgan fingerprint density at radius 3 is 2.81 bits per heavy atom. The van der Waals surface area contributed by atoms with Crippen LogP contribution in [0.15, 0.2) is 10.3 Å². The van der Waals surface area contributed by atoms with E-state index in [0.717, 1.165) is 36.4 Å². The van der Waals surface area contributed by atoms with Gasteiger partial charge in [-0.25, -0.2) is 17.9 Å². The van der Waals surface area contributed by atoms with Crippen LogP contribution in [0.3, 0.4) is 0 Å². The Morgan fingerprint density at radius 2 is 2.24 bits per heavy atom. The van der Waals surface area contributed by atoms with Crippen LogP contribution in [0.1, 0.15) is 41.4 Å². The van der Waals surface area contributed by atoms with Crippen molar-refractivity contribution in [3.63, 3.8) is 0 Å². The van der Waals surface area contributed by atoms with Crippen LogP contribution in [-0.2, 0) is 10.0 Å². The van der Waals surface area contributed by atoms with Crippen molar-refractivity contribution >= 4 is 39.1 Å². The molecule has 1 aliphatic rings. The molecular weight excluding hydrogens is 330 g/mol. The van der Waals surface area contributed by atoms with Gasteiger partial charge in [0, 0.05) is 11.3 Å². The molecule has 8 heteroatoms. The average Bonchev–Trinajstić information content (AvgIpc) is 2.97. The lowest BCUT2D eigenvalue weighted by Crippen LogP contribution is -2.38. The molecule has 1 aliphatic carbocycles. The van der Waals surface area contributed by atoms with E-state index in [4.69, 9.17) is 5.11 Å². The van der Waals surface area contributed by atoms with Crippen molar-refractivity contribution in [1.82, 2.24) is 4.72 Å². The summed E-state index contributed by atoms with van der Waals surface area (Å²) in [7, 11) is -3.64. The molecule has 0 spiro atoms. The van der Waals surface area contributed by atoms with Gasteiger partial charge in [0.15, 0.2) is 0 Å². The minimum Gasteiger partial charge on any atom is -0.477 e. The summed E-state index contributed by atoms with van der Waals surface area (Å²) in [6.07, 6.45) is 2.89. The predicted octanol–water partition coefficient (Wildman–Crippen LogP) is 2.71. The second-order valence-electron chi connectivity index (χ2n) is 5.04. The largest absolute Gasteiger partial charge is 0.477 e. The van der Waals surface area contributed by atoms with Gasteiger partial charge >= 0.3 is 5.97 Å². The molecule has 1 aromatic rings. The van der Waals surface area contributed by atoms with Gasteiger partial charge in [0.2, 0.25) is 10.0 Å². The highest BCUT2D eigenvalue weighted by atomic mass is 32.2. The maximum atomic E-state index is 12.4. The fourth-order valence-corrected chi connectivity index (χ4v) is 6.52. The maximum Gasteiger partial charge on any atom is 0.346 e. The van der Waals surface area contributed by atoms with E-state index >= 15 is 0 Å². The van der Waals surface area contributed by atoms with E-state index in [1.807, 2.05) is 0 Å². The van der Waals surface area contributed by atoms with Crippen molar-refractivity contribution < 1.29 is 18.3 Å². The molecule has 1 heterocycles. The molecule has 1 aromatic heterocycles. The van der Waals surface area contributed by atoms with Gasteiger partial charge in [0.25, 0.3) is 0 Å². The van der Waals surface area contributed by atoms with Crippen LogP contribution in [0.2, 0.25) is 0 Å². The lowest BCUT2D eigenvalue weighted by atomic mass is 10.3. The molecule has 2 N–H and O–H groups in total. The number of aromatic carboxylic acids is 1. The number of carboxylic acid groups (broad SMARTS) is 1. The standard InChI is InChI=1S/C13H19NO4S3/c1-3-19-10-6-4-5-9(10)14-21(17,18)11-7-8(2)12(20-11)13(15)16/h7,9-10,14H,3-6H2,1-2H3,(H,15,16). The highest BCUT2D eigenvalue weighted by Crippen LogP contribution is 2.32. The minimum atomic E-state index is -3.64.